The molecule has 0 saturated carbocycles. The van der Waals surface area contributed by atoms with E-state index >= 15 is 0 Å². The predicted octanol–water partition coefficient (Wildman–Crippen LogP) is 15.8. The van der Waals surface area contributed by atoms with Crippen LogP contribution in [-0.2, 0) is 12.8 Å². The zero-order chi connectivity index (χ0) is 39.9. The van der Waals surface area contributed by atoms with E-state index < -0.39 is 0 Å². The van der Waals surface area contributed by atoms with Gasteiger partial charge in [0.1, 0.15) is 11.2 Å². The van der Waals surface area contributed by atoms with E-state index in [0.29, 0.717) is 0 Å². The van der Waals surface area contributed by atoms with Gasteiger partial charge >= 0.3 is 0 Å². The SMILES string of the molecule is Cc1cc2c(c(N(c3ccccc3-c3cccc4oc5ccccc5c34)c3c4c(cc(-c5ccccc5)c3-c3ccccc3)-c3ccccc3C4)c1C)Cc1ccccc1-2. The summed E-state index contributed by atoms with van der Waals surface area (Å²) >= 11 is 0. The largest absolute Gasteiger partial charge is 0.456 e. The molecule has 0 unspecified atom stereocenters. The number of nitrogens with zero attached hydrogens (tertiary/aromatic N) is 1. The molecule has 12 rings (SSSR count). The Labute approximate surface area is 350 Å². The van der Waals surface area contributed by atoms with Crippen LogP contribution in [0.4, 0.5) is 17.1 Å². The molecule has 0 spiro atoms. The lowest BCUT2D eigenvalue weighted by atomic mass is 9.85. The monoisotopic (exact) mass is 767 g/mol. The van der Waals surface area contributed by atoms with Crippen LogP contribution in [0.15, 0.2) is 192 Å². The Morgan fingerprint density at radius 3 is 1.70 bits per heavy atom. The van der Waals surface area contributed by atoms with E-state index in [1.54, 1.807) is 0 Å². The van der Waals surface area contributed by atoms with Crippen LogP contribution in [-0.4, -0.2) is 0 Å². The number of aryl methyl sites for hydroxylation is 1. The first-order valence-corrected chi connectivity index (χ1v) is 21.0. The number of benzene rings is 9. The second kappa shape index (κ2) is 13.6. The summed E-state index contributed by atoms with van der Waals surface area (Å²) in [6.45, 7) is 4.63. The highest BCUT2D eigenvalue weighted by Gasteiger charge is 2.35. The molecule has 2 nitrogen and oxygen atoms in total. The van der Waals surface area contributed by atoms with Crippen LogP contribution in [0.2, 0.25) is 0 Å². The van der Waals surface area contributed by atoms with Gasteiger partial charge < -0.3 is 9.32 Å². The van der Waals surface area contributed by atoms with E-state index in [9.17, 15) is 0 Å². The van der Waals surface area contributed by atoms with Crippen molar-refractivity contribution in [3.63, 3.8) is 0 Å². The maximum atomic E-state index is 6.54. The average molecular weight is 768 g/mol. The minimum Gasteiger partial charge on any atom is -0.456 e. The van der Waals surface area contributed by atoms with Gasteiger partial charge in [0, 0.05) is 34.7 Å². The van der Waals surface area contributed by atoms with Crippen LogP contribution in [0, 0.1) is 13.8 Å². The number of rotatable bonds is 6. The molecule has 1 heterocycles. The van der Waals surface area contributed by atoms with Crippen LogP contribution in [0.25, 0.3) is 77.6 Å². The number of anilines is 3. The van der Waals surface area contributed by atoms with Crippen molar-refractivity contribution in [2.24, 2.45) is 0 Å². The molecule has 1 aromatic heterocycles. The van der Waals surface area contributed by atoms with Gasteiger partial charge in [0.25, 0.3) is 0 Å². The summed E-state index contributed by atoms with van der Waals surface area (Å²) in [6, 6.07) is 69.1. The lowest BCUT2D eigenvalue weighted by Crippen LogP contribution is -2.18. The van der Waals surface area contributed by atoms with Crippen molar-refractivity contribution < 1.29 is 4.42 Å². The first-order valence-electron chi connectivity index (χ1n) is 21.0. The fourth-order valence-corrected chi connectivity index (χ4v) is 10.3. The number of para-hydroxylation sites is 2. The summed E-state index contributed by atoms with van der Waals surface area (Å²) in [7, 11) is 0. The number of fused-ring (bicyclic) bond motifs is 9. The summed E-state index contributed by atoms with van der Waals surface area (Å²) in [5.41, 5.74) is 25.9. The highest BCUT2D eigenvalue weighted by molar-refractivity contribution is 6.15. The maximum Gasteiger partial charge on any atom is 0.136 e. The fourth-order valence-electron chi connectivity index (χ4n) is 10.3. The normalized spacial score (nSPS) is 12.4. The molecule has 0 radical (unpaired) electrons. The van der Waals surface area contributed by atoms with Crippen molar-refractivity contribution in [1.82, 2.24) is 0 Å². The molecule has 2 aliphatic rings. The minimum absolute atomic E-state index is 0.837. The van der Waals surface area contributed by atoms with E-state index in [4.69, 9.17) is 4.42 Å². The van der Waals surface area contributed by atoms with Crippen molar-refractivity contribution in [3.8, 4) is 55.6 Å². The standard InChI is InChI=1S/C58H41NO/c1-36-32-48-42-24-11-9-22-40(42)33-50(48)57(37(36)2)59(52-29-15-13-26-44(52)45-28-17-31-54-56(45)46-27-14-16-30-53(46)60-54)58-51-34-41-23-10-12-25-43(41)49(51)35-47(38-18-5-3-6-19-38)55(58)39-20-7-4-8-21-39/h3-32,35H,33-34H2,1-2H3. The molecule has 2 aliphatic carbocycles. The Bertz CT molecular complexity index is 3340. The lowest BCUT2D eigenvalue weighted by molar-refractivity contribution is 0.669. The molecule has 0 fully saturated rings. The first kappa shape index (κ1) is 34.6. The lowest BCUT2D eigenvalue weighted by Gasteiger charge is -2.36. The third-order valence-corrected chi connectivity index (χ3v) is 13.1. The molecule has 0 N–H and O–H groups in total. The molecule has 2 heteroatoms. The van der Waals surface area contributed by atoms with E-state index in [1.165, 1.54) is 89.3 Å². The molecule has 0 aliphatic heterocycles. The van der Waals surface area contributed by atoms with Gasteiger partial charge in [-0.3, -0.25) is 0 Å². The highest BCUT2D eigenvalue weighted by Crippen LogP contribution is 2.58. The van der Waals surface area contributed by atoms with Gasteiger partial charge in [0.15, 0.2) is 0 Å². The number of hydrogen-bond donors (Lipinski definition) is 0. The predicted molar refractivity (Wildman–Crippen MR) is 251 cm³/mol. The summed E-state index contributed by atoms with van der Waals surface area (Å²) in [5.74, 6) is 0. The molecule has 0 amide bonds. The third kappa shape index (κ3) is 5.20. The molecule has 9 aromatic carbocycles. The topological polar surface area (TPSA) is 16.4 Å². The highest BCUT2D eigenvalue weighted by atomic mass is 16.3. The van der Waals surface area contributed by atoms with E-state index in [1.807, 2.05) is 0 Å². The van der Waals surface area contributed by atoms with Gasteiger partial charge in [-0.2, -0.15) is 0 Å². The Balaban J connectivity index is 1.27. The van der Waals surface area contributed by atoms with Crippen molar-refractivity contribution in [2.75, 3.05) is 4.90 Å². The molecule has 284 valence electrons. The van der Waals surface area contributed by atoms with Gasteiger partial charge in [-0.15, -0.1) is 0 Å². The van der Waals surface area contributed by atoms with Crippen molar-refractivity contribution in [3.05, 3.63) is 221 Å². The Hall–Kier alpha value is -7.42. The fraction of sp³-hybridized carbons (Fsp3) is 0.0690. The number of furan rings is 1. The Morgan fingerprint density at radius 1 is 0.417 bits per heavy atom. The van der Waals surface area contributed by atoms with Crippen LogP contribution in [0.5, 0.6) is 0 Å². The van der Waals surface area contributed by atoms with Crippen LogP contribution in [0.1, 0.15) is 33.4 Å². The Kier molecular flexibility index (Phi) is 7.83. The van der Waals surface area contributed by atoms with Crippen LogP contribution < -0.4 is 4.90 Å². The van der Waals surface area contributed by atoms with Gasteiger partial charge in [0.2, 0.25) is 0 Å². The zero-order valence-corrected chi connectivity index (χ0v) is 33.7. The van der Waals surface area contributed by atoms with Crippen LogP contribution >= 0.6 is 0 Å². The molecule has 0 bridgehead atoms. The molecule has 0 atom stereocenters. The van der Waals surface area contributed by atoms with Gasteiger partial charge in [0.05, 0.1) is 17.1 Å². The summed E-state index contributed by atoms with van der Waals surface area (Å²) in [6.07, 6.45) is 1.70. The van der Waals surface area contributed by atoms with Gasteiger partial charge in [-0.25, -0.2) is 0 Å². The molecule has 10 aromatic rings. The first-order chi connectivity index (χ1) is 29.6. The molecular formula is C58H41NO. The van der Waals surface area contributed by atoms with Crippen molar-refractivity contribution in [1.29, 1.82) is 0 Å². The van der Waals surface area contributed by atoms with Crippen molar-refractivity contribution >= 4 is 39.0 Å². The minimum atomic E-state index is 0.837. The van der Waals surface area contributed by atoms with Crippen LogP contribution in [0.3, 0.4) is 0 Å². The number of hydrogen-bond acceptors (Lipinski definition) is 2. The van der Waals surface area contributed by atoms with Crippen molar-refractivity contribution in [2.45, 2.75) is 26.7 Å². The summed E-state index contributed by atoms with van der Waals surface area (Å²) in [5, 5.41) is 2.26. The van der Waals surface area contributed by atoms with E-state index in [2.05, 4.69) is 207 Å². The average Bonchev–Trinajstić information content (AvgIpc) is 3.99. The quantitative estimate of drug-likeness (QED) is 0.168. The zero-order valence-electron chi connectivity index (χ0n) is 33.7. The molecule has 60 heavy (non-hydrogen) atoms. The van der Waals surface area contributed by atoms with E-state index in [0.717, 1.165) is 51.6 Å². The smallest absolute Gasteiger partial charge is 0.136 e. The second-order valence-electron chi connectivity index (χ2n) is 16.4. The summed E-state index contributed by atoms with van der Waals surface area (Å²) in [4.78, 5) is 2.70. The van der Waals surface area contributed by atoms with Gasteiger partial charge in [-0.1, -0.05) is 164 Å². The second-order valence-corrected chi connectivity index (χ2v) is 16.4. The summed E-state index contributed by atoms with van der Waals surface area (Å²) < 4.78 is 6.54. The molecule has 0 saturated heterocycles. The van der Waals surface area contributed by atoms with E-state index in [-0.39, 0.29) is 0 Å². The maximum absolute atomic E-state index is 6.54. The third-order valence-electron chi connectivity index (χ3n) is 13.1. The van der Waals surface area contributed by atoms with Gasteiger partial charge in [-0.05, 0) is 116 Å². The Morgan fingerprint density at radius 2 is 0.967 bits per heavy atom. The molecular weight excluding hydrogens is 727 g/mol.